The molecule has 1 N–H and O–H groups in total. The average molecular weight is 287 g/mol. The number of likely N-dealkylation sites (N-methyl/N-ethyl adjacent to an activating group) is 1. The van der Waals surface area contributed by atoms with Gasteiger partial charge in [-0.25, -0.2) is 0 Å². The molecule has 3 rings (SSSR count). The molecule has 1 aromatic rings. The molecule has 4 heteroatoms. The maximum atomic E-state index is 9.88. The highest BCUT2D eigenvalue weighted by molar-refractivity contribution is 5.82. The summed E-state index contributed by atoms with van der Waals surface area (Å²) in [6, 6.07) is 4.06. The van der Waals surface area contributed by atoms with Crippen molar-refractivity contribution in [2.45, 2.75) is 25.2 Å². The van der Waals surface area contributed by atoms with Gasteiger partial charge < -0.3 is 14.6 Å². The normalized spacial score (nSPS) is 21.9. The second-order valence-electron chi connectivity index (χ2n) is 5.63. The number of rotatable bonds is 4. The van der Waals surface area contributed by atoms with E-state index >= 15 is 0 Å². The van der Waals surface area contributed by atoms with Crippen molar-refractivity contribution in [1.82, 2.24) is 4.90 Å². The number of aliphatic hydroxyl groups is 1. The summed E-state index contributed by atoms with van der Waals surface area (Å²) in [5.74, 6) is 1.55. The van der Waals surface area contributed by atoms with Crippen molar-refractivity contribution in [3.8, 4) is 11.5 Å². The van der Waals surface area contributed by atoms with Crippen molar-refractivity contribution < 1.29 is 14.6 Å². The van der Waals surface area contributed by atoms with Gasteiger partial charge in [-0.3, -0.25) is 4.90 Å². The Morgan fingerprint density at radius 1 is 1.57 bits per heavy atom. The zero-order valence-electron chi connectivity index (χ0n) is 12.5. The average Bonchev–Trinajstić information content (AvgIpc) is 2.74. The van der Waals surface area contributed by atoms with Gasteiger partial charge in [0.05, 0.1) is 13.2 Å². The molecule has 0 fully saturated rings. The first-order chi connectivity index (χ1) is 10.1. The van der Waals surface area contributed by atoms with E-state index in [1.165, 1.54) is 5.56 Å². The summed E-state index contributed by atoms with van der Waals surface area (Å²) in [6.07, 6.45) is 3.54. The van der Waals surface area contributed by atoms with Crippen LogP contribution in [-0.4, -0.2) is 42.9 Å². The number of aliphatic hydroxyl groups excluding tert-OH is 1. The zero-order valence-corrected chi connectivity index (χ0v) is 12.5. The molecule has 0 aliphatic carbocycles. The molecule has 21 heavy (non-hydrogen) atoms. The predicted octanol–water partition coefficient (Wildman–Crippen LogP) is 2.22. The van der Waals surface area contributed by atoms with E-state index in [0.29, 0.717) is 6.42 Å². The van der Waals surface area contributed by atoms with Crippen LogP contribution < -0.4 is 9.47 Å². The van der Waals surface area contributed by atoms with E-state index in [-0.39, 0.29) is 6.10 Å². The van der Waals surface area contributed by atoms with Gasteiger partial charge in [0.25, 0.3) is 0 Å². The molecule has 2 aliphatic rings. The maximum Gasteiger partial charge on any atom is 0.170 e. The molecule has 2 heterocycles. The van der Waals surface area contributed by atoms with Gasteiger partial charge in [0.2, 0.25) is 0 Å². The highest BCUT2D eigenvalue weighted by Crippen LogP contribution is 2.47. The van der Waals surface area contributed by atoms with E-state index in [2.05, 4.69) is 30.7 Å². The Balaban J connectivity index is 2.06. The molecule has 0 unspecified atom stereocenters. The largest absolute Gasteiger partial charge is 0.493 e. The third-order valence-electron chi connectivity index (χ3n) is 4.11. The van der Waals surface area contributed by atoms with Gasteiger partial charge in [-0.1, -0.05) is 18.2 Å². The lowest BCUT2D eigenvalue weighted by molar-refractivity contribution is 0.155. The molecule has 0 saturated heterocycles. The number of ether oxygens (including phenoxy) is 2. The lowest BCUT2D eigenvalue weighted by Crippen LogP contribution is -2.20. The SMILES string of the molecule is C=C[C@H](O)C[C@@H]1Oc2c(OC)ccc3c2C1=CCN(C)C3. The Labute approximate surface area is 125 Å². The highest BCUT2D eigenvalue weighted by atomic mass is 16.5. The Hall–Kier alpha value is -1.78. The third-order valence-corrected chi connectivity index (χ3v) is 4.11. The minimum Gasteiger partial charge on any atom is -0.493 e. The van der Waals surface area contributed by atoms with Crippen molar-refractivity contribution in [2.75, 3.05) is 20.7 Å². The van der Waals surface area contributed by atoms with Crippen LogP contribution in [0, 0.1) is 0 Å². The summed E-state index contributed by atoms with van der Waals surface area (Å²) in [7, 11) is 3.75. The van der Waals surface area contributed by atoms with Crippen LogP contribution in [0.1, 0.15) is 17.5 Å². The first kappa shape index (κ1) is 14.2. The van der Waals surface area contributed by atoms with Crippen LogP contribution in [0.3, 0.4) is 0 Å². The van der Waals surface area contributed by atoms with Gasteiger partial charge in [-0.05, 0) is 18.7 Å². The Morgan fingerprint density at radius 2 is 2.38 bits per heavy atom. The molecule has 0 amide bonds. The minimum absolute atomic E-state index is 0.144. The van der Waals surface area contributed by atoms with Crippen molar-refractivity contribution in [1.29, 1.82) is 0 Å². The summed E-state index contributed by atoms with van der Waals surface area (Å²) in [5.41, 5.74) is 3.54. The molecule has 0 radical (unpaired) electrons. The molecular weight excluding hydrogens is 266 g/mol. The number of nitrogens with zero attached hydrogens (tertiary/aromatic N) is 1. The van der Waals surface area contributed by atoms with Crippen molar-refractivity contribution in [3.63, 3.8) is 0 Å². The van der Waals surface area contributed by atoms with Gasteiger partial charge in [0.1, 0.15) is 6.10 Å². The molecule has 4 nitrogen and oxygen atoms in total. The van der Waals surface area contributed by atoms with Crippen molar-refractivity contribution in [3.05, 3.63) is 42.0 Å². The van der Waals surface area contributed by atoms with Crippen LogP contribution in [0.5, 0.6) is 11.5 Å². The Kier molecular flexibility index (Phi) is 3.74. The number of methoxy groups -OCH3 is 1. The van der Waals surface area contributed by atoms with Crippen LogP contribution in [0.15, 0.2) is 30.9 Å². The van der Waals surface area contributed by atoms with Gasteiger partial charge in [0, 0.05) is 30.6 Å². The molecule has 0 saturated carbocycles. The minimum atomic E-state index is -0.569. The first-order valence-corrected chi connectivity index (χ1v) is 7.20. The molecule has 1 aromatic carbocycles. The summed E-state index contributed by atoms with van der Waals surface area (Å²) in [6.45, 7) is 5.39. The molecule has 0 aromatic heterocycles. The van der Waals surface area contributed by atoms with E-state index in [0.717, 1.165) is 35.7 Å². The number of hydrogen-bond donors (Lipinski definition) is 1. The summed E-state index contributed by atoms with van der Waals surface area (Å²) < 4.78 is 11.5. The molecule has 0 bridgehead atoms. The third kappa shape index (κ3) is 2.45. The molecule has 2 aliphatic heterocycles. The summed E-state index contributed by atoms with van der Waals surface area (Å²) >= 11 is 0. The smallest absolute Gasteiger partial charge is 0.170 e. The Bertz CT molecular complexity index is 594. The predicted molar refractivity (Wildman–Crippen MR) is 82.5 cm³/mol. The maximum absolute atomic E-state index is 9.88. The highest BCUT2D eigenvalue weighted by Gasteiger charge is 2.35. The van der Waals surface area contributed by atoms with Crippen LogP contribution >= 0.6 is 0 Å². The second-order valence-corrected chi connectivity index (χ2v) is 5.63. The van der Waals surface area contributed by atoms with Gasteiger partial charge in [0.15, 0.2) is 11.5 Å². The summed E-state index contributed by atoms with van der Waals surface area (Å²) in [4.78, 5) is 2.26. The van der Waals surface area contributed by atoms with Crippen molar-refractivity contribution in [2.24, 2.45) is 0 Å². The molecule has 2 atom stereocenters. The van der Waals surface area contributed by atoms with Crippen molar-refractivity contribution >= 4 is 5.57 Å². The standard InChI is InChI=1S/C17H21NO3/c1-4-12(19)9-15-13-7-8-18(2)10-11-5-6-14(20-3)17(21-15)16(11)13/h4-7,12,15,19H,1,8-10H2,2-3H3/t12-,15-/m0/s1. The number of benzene rings is 1. The molecule has 112 valence electrons. The van der Waals surface area contributed by atoms with Crippen LogP contribution in [-0.2, 0) is 6.54 Å². The van der Waals surface area contributed by atoms with Crippen LogP contribution in [0.25, 0.3) is 5.57 Å². The van der Waals surface area contributed by atoms with E-state index in [9.17, 15) is 5.11 Å². The van der Waals surface area contributed by atoms with Gasteiger partial charge in [-0.15, -0.1) is 6.58 Å². The van der Waals surface area contributed by atoms with E-state index < -0.39 is 6.10 Å². The lowest BCUT2D eigenvalue weighted by atomic mass is 9.95. The fourth-order valence-electron chi connectivity index (χ4n) is 3.03. The quantitative estimate of drug-likeness (QED) is 0.862. The lowest BCUT2D eigenvalue weighted by Gasteiger charge is -2.17. The van der Waals surface area contributed by atoms with Gasteiger partial charge in [-0.2, -0.15) is 0 Å². The topological polar surface area (TPSA) is 41.9 Å². The van der Waals surface area contributed by atoms with Crippen LogP contribution in [0.4, 0.5) is 0 Å². The zero-order chi connectivity index (χ0) is 15.0. The van der Waals surface area contributed by atoms with Crippen LogP contribution in [0.2, 0.25) is 0 Å². The fraction of sp³-hybridized carbons (Fsp3) is 0.412. The molecular formula is C17H21NO3. The number of hydrogen-bond acceptors (Lipinski definition) is 4. The fourth-order valence-corrected chi connectivity index (χ4v) is 3.03. The first-order valence-electron chi connectivity index (χ1n) is 7.20. The molecule has 0 spiro atoms. The Morgan fingerprint density at radius 3 is 3.10 bits per heavy atom. The second kappa shape index (κ2) is 5.54. The monoisotopic (exact) mass is 287 g/mol. The van der Waals surface area contributed by atoms with E-state index in [1.807, 2.05) is 6.07 Å². The summed E-state index contributed by atoms with van der Waals surface area (Å²) in [5, 5.41) is 9.88. The van der Waals surface area contributed by atoms with E-state index in [4.69, 9.17) is 9.47 Å². The van der Waals surface area contributed by atoms with Gasteiger partial charge >= 0.3 is 0 Å². The van der Waals surface area contributed by atoms with E-state index in [1.54, 1.807) is 13.2 Å².